The number of halogens is 3. The van der Waals surface area contributed by atoms with Gasteiger partial charge in [-0.25, -0.2) is 18.2 Å². The summed E-state index contributed by atoms with van der Waals surface area (Å²) < 4.78 is 73.3. The van der Waals surface area contributed by atoms with Crippen LogP contribution in [0.4, 0.5) is 30.2 Å². The zero-order valence-corrected chi connectivity index (χ0v) is 38.7. The third kappa shape index (κ3) is 8.51. The maximum Gasteiger partial charge on any atom is 0.301 e. The van der Waals surface area contributed by atoms with E-state index in [1.165, 1.54) is 6.20 Å². The second-order valence-corrected chi connectivity index (χ2v) is 21.3. The Kier molecular flexibility index (Phi) is 11.5. The first-order valence-corrected chi connectivity index (χ1v) is 25.2. The van der Waals surface area contributed by atoms with Crippen LogP contribution in [0, 0.1) is 23.0 Å². The molecule has 19 heteroatoms. The Morgan fingerprint density at radius 1 is 0.855 bits per heavy atom. The van der Waals surface area contributed by atoms with Crippen molar-refractivity contribution < 1.29 is 40.8 Å². The first kappa shape index (κ1) is 45.2. The average Bonchev–Trinajstić information content (AvgIpc) is 4.20. The summed E-state index contributed by atoms with van der Waals surface area (Å²) in [7, 11) is -4.36. The van der Waals surface area contributed by atoms with Crippen molar-refractivity contribution in [2.24, 2.45) is 11.3 Å². The number of nitrogens with one attached hydrogen (secondary N) is 3. The summed E-state index contributed by atoms with van der Waals surface area (Å²) in [6.07, 6.45) is 6.67. The molecule has 11 rings (SSSR count). The molecule has 0 aliphatic carbocycles. The van der Waals surface area contributed by atoms with Crippen LogP contribution in [-0.4, -0.2) is 127 Å². The molecule has 8 heterocycles. The van der Waals surface area contributed by atoms with Crippen LogP contribution >= 0.6 is 0 Å². The van der Waals surface area contributed by atoms with Gasteiger partial charge in [0.05, 0.1) is 11.3 Å². The SMILES string of the molecule is O=C1CCC(N2Cc3cc(N4CCC5(CCN(CC6CCN(c7ccc(-c8cnc9[nH]cc(C(=O)c%10c(F)ccc(NS(=O)(=O)N%11CC[C@@H](F)C%11)c%10F)c9c8)cc7)CC6)C5)C4)ccc3C2=O)C(=O)N1. The highest BCUT2D eigenvalue weighted by Crippen LogP contribution is 2.43. The minimum Gasteiger partial charge on any atom is -0.372 e. The molecule has 0 bridgehead atoms. The lowest BCUT2D eigenvalue weighted by molar-refractivity contribution is -0.136. The van der Waals surface area contributed by atoms with Gasteiger partial charge in [0.1, 0.15) is 23.7 Å². The number of aromatic nitrogens is 2. The van der Waals surface area contributed by atoms with Crippen molar-refractivity contribution in [1.29, 1.82) is 0 Å². The number of carbonyl (C=O) groups excluding carboxylic acids is 4. The molecule has 1 spiro atoms. The maximum atomic E-state index is 15.8. The molecule has 6 aliphatic rings. The number of anilines is 3. The van der Waals surface area contributed by atoms with Gasteiger partial charge in [-0.1, -0.05) is 12.1 Å². The quantitative estimate of drug-likeness (QED) is 0.105. The van der Waals surface area contributed by atoms with E-state index in [1.807, 2.05) is 29.0 Å². The molecule has 3 atom stereocenters. The number of nitrogens with zero attached hydrogens (tertiary/aromatic N) is 6. The summed E-state index contributed by atoms with van der Waals surface area (Å²) >= 11 is 0. The second kappa shape index (κ2) is 17.6. The molecule has 6 aliphatic heterocycles. The minimum absolute atomic E-state index is 0.00522. The first-order valence-electron chi connectivity index (χ1n) is 23.7. The van der Waals surface area contributed by atoms with E-state index in [0.717, 1.165) is 110 Å². The number of likely N-dealkylation sites (tertiary alicyclic amines) is 1. The molecule has 3 amide bonds. The van der Waals surface area contributed by atoms with E-state index in [-0.39, 0.29) is 48.7 Å². The molecule has 5 aromatic rings. The fraction of sp³-hybridized carbons (Fsp3) is 0.420. The van der Waals surface area contributed by atoms with Gasteiger partial charge in [0.15, 0.2) is 5.82 Å². The number of fused-ring (bicyclic) bond motifs is 2. The number of hydrogen-bond donors (Lipinski definition) is 3. The first-order chi connectivity index (χ1) is 33.2. The number of carbonyl (C=O) groups is 4. The Labute approximate surface area is 397 Å². The van der Waals surface area contributed by atoms with Gasteiger partial charge < -0.3 is 24.6 Å². The molecule has 360 valence electrons. The number of alkyl halides is 1. The van der Waals surface area contributed by atoms with Crippen molar-refractivity contribution in [1.82, 2.24) is 29.4 Å². The molecule has 5 fully saturated rings. The van der Waals surface area contributed by atoms with E-state index in [1.54, 1.807) is 17.2 Å². The summed E-state index contributed by atoms with van der Waals surface area (Å²) in [6, 6.07) is 17.0. The highest BCUT2D eigenvalue weighted by atomic mass is 32.2. The van der Waals surface area contributed by atoms with Crippen molar-refractivity contribution in [3.63, 3.8) is 0 Å². The highest BCUT2D eigenvalue weighted by molar-refractivity contribution is 7.90. The number of amides is 3. The molecule has 15 nitrogen and oxygen atoms in total. The van der Waals surface area contributed by atoms with Crippen molar-refractivity contribution in [3.8, 4) is 11.1 Å². The van der Waals surface area contributed by atoms with E-state index in [2.05, 4.69) is 48.2 Å². The third-order valence-corrected chi connectivity index (χ3v) is 16.8. The van der Waals surface area contributed by atoms with Crippen LogP contribution in [0.3, 0.4) is 0 Å². The lowest BCUT2D eigenvalue weighted by Gasteiger charge is -2.35. The number of H-pyrrole nitrogens is 1. The predicted molar refractivity (Wildman–Crippen MR) is 253 cm³/mol. The van der Waals surface area contributed by atoms with Gasteiger partial charge in [-0.2, -0.15) is 12.7 Å². The molecule has 0 saturated carbocycles. The van der Waals surface area contributed by atoms with Crippen molar-refractivity contribution in [2.45, 2.75) is 63.7 Å². The maximum absolute atomic E-state index is 15.8. The molecule has 69 heavy (non-hydrogen) atoms. The van der Waals surface area contributed by atoms with Gasteiger partial charge >= 0.3 is 10.2 Å². The molecular weight excluding hydrogens is 912 g/mol. The zero-order chi connectivity index (χ0) is 47.8. The number of hydrogen-bond acceptors (Lipinski definition) is 10. The van der Waals surface area contributed by atoms with Crippen LogP contribution in [0.1, 0.15) is 76.8 Å². The molecule has 2 unspecified atom stereocenters. The second-order valence-electron chi connectivity index (χ2n) is 19.7. The summed E-state index contributed by atoms with van der Waals surface area (Å²) in [5.74, 6) is -3.78. The van der Waals surface area contributed by atoms with Crippen LogP contribution < -0.4 is 19.8 Å². The zero-order valence-electron chi connectivity index (χ0n) is 37.9. The fourth-order valence-corrected chi connectivity index (χ4v) is 12.7. The Bertz CT molecular complexity index is 3020. The lowest BCUT2D eigenvalue weighted by Crippen LogP contribution is -2.52. The number of imide groups is 1. The monoisotopic (exact) mass is 963 g/mol. The van der Waals surface area contributed by atoms with Gasteiger partial charge in [0.2, 0.25) is 17.6 Å². The van der Waals surface area contributed by atoms with E-state index < -0.39 is 57.0 Å². The predicted octanol–water partition coefficient (Wildman–Crippen LogP) is 6.02. The highest BCUT2D eigenvalue weighted by Gasteiger charge is 2.45. The number of pyridine rings is 1. The van der Waals surface area contributed by atoms with Crippen molar-refractivity contribution in [3.05, 3.63) is 107 Å². The third-order valence-electron chi connectivity index (χ3n) is 15.3. The summed E-state index contributed by atoms with van der Waals surface area (Å²) in [4.78, 5) is 67.8. The van der Waals surface area contributed by atoms with Crippen LogP contribution in [0.25, 0.3) is 22.2 Å². The average molecular weight is 964 g/mol. The van der Waals surface area contributed by atoms with Crippen LogP contribution in [0.15, 0.2) is 73.1 Å². The standard InChI is InChI=1S/C50H52F3N9O6S/c51-34-13-18-61(27-34)69(67,68)57-41-8-7-40(52)44(45(41)53)46(64)39-24-55-47-38(39)22-32(23-54-47)31-1-3-35(4-2-31)59-16-11-30(12-17-59)25-58-19-14-50(28-58)15-20-60(29-50)36-5-6-37-33(21-36)26-62(49(37)66)42-9-10-43(63)56-48(42)65/h1-8,21-24,30,34,42,57H,9-20,25-29H2,(H,54,55)(H,56,63,65)/t34-,42?,50?/m1/s1. The van der Waals surface area contributed by atoms with Gasteiger partial charge in [-0.15, -0.1) is 0 Å². The molecule has 3 N–H and O–H groups in total. The van der Waals surface area contributed by atoms with E-state index in [4.69, 9.17) is 0 Å². The van der Waals surface area contributed by atoms with E-state index in [9.17, 15) is 32.0 Å². The van der Waals surface area contributed by atoms with Crippen LogP contribution in [0.2, 0.25) is 0 Å². The largest absolute Gasteiger partial charge is 0.372 e. The Morgan fingerprint density at radius 2 is 1.64 bits per heavy atom. The number of ketones is 1. The van der Waals surface area contributed by atoms with Crippen molar-refractivity contribution in [2.75, 3.05) is 73.4 Å². The molecule has 3 aromatic carbocycles. The number of benzene rings is 3. The molecule has 2 aromatic heterocycles. The molecular formula is C50H52F3N9O6S. The topological polar surface area (TPSA) is 171 Å². The van der Waals surface area contributed by atoms with Crippen LogP contribution in [-0.2, 0) is 26.3 Å². The Balaban J connectivity index is 0.686. The number of rotatable bonds is 11. The fourth-order valence-electron chi connectivity index (χ4n) is 11.5. The number of aromatic amines is 1. The smallest absolute Gasteiger partial charge is 0.301 e. The lowest BCUT2D eigenvalue weighted by atomic mass is 9.86. The summed E-state index contributed by atoms with van der Waals surface area (Å²) in [5.41, 5.74) is 4.29. The summed E-state index contributed by atoms with van der Waals surface area (Å²) in [6.45, 7) is 6.95. The molecule has 0 radical (unpaired) electrons. The Morgan fingerprint density at radius 3 is 2.41 bits per heavy atom. The van der Waals surface area contributed by atoms with E-state index in [0.29, 0.717) is 41.0 Å². The summed E-state index contributed by atoms with van der Waals surface area (Å²) in [5, 5.41) is 2.72. The minimum atomic E-state index is -4.36. The van der Waals surface area contributed by atoms with Gasteiger partial charge in [-0.3, -0.25) is 29.2 Å². The van der Waals surface area contributed by atoms with Gasteiger partial charge in [0, 0.05) is 117 Å². The van der Waals surface area contributed by atoms with Crippen molar-refractivity contribution >= 4 is 61.8 Å². The molecule has 5 saturated heterocycles. The van der Waals surface area contributed by atoms with E-state index >= 15 is 8.78 Å². The Hall–Kier alpha value is -6.31. The van der Waals surface area contributed by atoms with Gasteiger partial charge in [-0.05, 0) is 111 Å². The normalized spacial score (nSPS) is 23.8. The van der Waals surface area contributed by atoms with Crippen LogP contribution in [0.5, 0.6) is 0 Å². The van der Waals surface area contributed by atoms with Gasteiger partial charge in [0.25, 0.3) is 5.91 Å². The number of piperidine rings is 2.